The lowest BCUT2D eigenvalue weighted by molar-refractivity contribution is -0.241. The van der Waals surface area contributed by atoms with Crippen molar-refractivity contribution in [1.82, 2.24) is 9.63 Å². The summed E-state index contributed by atoms with van der Waals surface area (Å²) in [5.41, 5.74) is 1.12. The minimum Gasteiger partial charge on any atom is -0.434 e. The molecule has 1 N–H and O–H groups in total. The molecule has 3 heterocycles. The fraction of sp³-hybridized carbons (Fsp3) is 0.577. The molecule has 2 aliphatic carbocycles. The first-order valence-corrected chi connectivity index (χ1v) is 12.9. The van der Waals surface area contributed by atoms with Gasteiger partial charge in [0.05, 0.1) is 5.52 Å². The van der Waals surface area contributed by atoms with Crippen molar-refractivity contribution in [3.05, 3.63) is 30.0 Å². The van der Waals surface area contributed by atoms with Crippen LogP contribution in [-0.2, 0) is 24.9 Å². The number of fused-ring (bicyclic) bond motifs is 4. The molecule has 6 rings (SSSR count). The Bertz CT molecular complexity index is 1260. The van der Waals surface area contributed by atoms with E-state index in [2.05, 4.69) is 10.2 Å². The van der Waals surface area contributed by atoms with Crippen molar-refractivity contribution in [3.8, 4) is 0 Å². The zero-order valence-electron chi connectivity index (χ0n) is 20.2. The Hall–Kier alpha value is -3.08. The van der Waals surface area contributed by atoms with E-state index < -0.39 is 29.8 Å². The molecule has 8 nitrogen and oxygen atoms in total. The van der Waals surface area contributed by atoms with Gasteiger partial charge in [-0.05, 0) is 48.9 Å². The third-order valence-corrected chi connectivity index (χ3v) is 8.46. The topological polar surface area (TPSA) is 89.9 Å². The molecule has 2 atom stereocenters. The van der Waals surface area contributed by atoms with Gasteiger partial charge in [-0.1, -0.05) is 32.1 Å². The number of hydrogen-bond donors (Lipinski definition) is 1. The van der Waals surface area contributed by atoms with Gasteiger partial charge >= 0.3 is 18.1 Å². The maximum atomic E-state index is 13.5. The predicted molar refractivity (Wildman–Crippen MR) is 125 cm³/mol. The molecule has 1 aromatic heterocycles. The van der Waals surface area contributed by atoms with E-state index in [0.29, 0.717) is 17.8 Å². The van der Waals surface area contributed by atoms with Crippen LogP contribution in [0, 0.1) is 11.8 Å². The molecular weight excluding hydrogens is 491 g/mol. The molecule has 1 amide bonds. The monoisotopic (exact) mass is 519 g/mol. The summed E-state index contributed by atoms with van der Waals surface area (Å²) in [7, 11) is 0. The van der Waals surface area contributed by atoms with Crippen molar-refractivity contribution in [1.29, 1.82) is 0 Å². The van der Waals surface area contributed by atoms with Crippen LogP contribution >= 0.6 is 0 Å². The van der Waals surface area contributed by atoms with Crippen molar-refractivity contribution < 1.29 is 37.1 Å². The number of carbonyl (C=O) groups excluding carboxylic acids is 3. The van der Waals surface area contributed by atoms with Crippen molar-refractivity contribution in [2.24, 2.45) is 11.8 Å². The van der Waals surface area contributed by atoms with E-state index in [4.69, 9.17) is 4.74 Å². The highest BCUT2D eigenvalue weighted by atomic mass is 19.4. The first-order chi connectivity index (χ1) is 17.7. The zero-order chi connectivity index (χ0) is 25.9. The van der Waals surface area contributed by atoms with Crippen LogP contribution in [0.15, 0.2) is 24.3 Å². The Morgan fingerprint density at radius 2 is 1.81 bits per heavy atom. The summed E-state index contributed by atoms with van der Waals surface area (Å²) in [5.74, 6) is -3.23. The van der Waals surface area contributed by atoms with E-state index in [1.165, 1.54) is 0 Å². The van der Waals surface area contributed by atoms with E-state index in [0.717, 1.165) is 67.3 Å². The van der Waals surface area contributed by atoms with Crippen molar-refractivity contribution in [3.63, 3.8) is 0 Å². The number of nitrogens with zero attached hydrogens (tertiary/aromatic N) is 2. The second-order valence-electron chi connectivity index (χ2n) is 10.6. The Balaban J connectivity index is 1.26. The third-order valence-electron chi connectivity index (χ3n) is 8.46. The molecule has 198 valence electrons. The van der Waals surface area contributed by atoms with E-state index in [1.807, 2.05) is 10.6 Å². The van der Waals surface area contributed by atoms with E-state index in [1.54, 1.807) is 18.2 Å². The van der Waals surface area contributed by atoms with Gasteiger partial charge in [-0.25, -0.2) is 9.59 Å². The highest BCUT2D eigenvalue weighted by Crippen LogP contribution is 2.48. The van der Waals surface area contributed by atoms with Crippen LogP contribution in [-0.4, -0.2) is 46.2 Å². The van der Waals surface area contributed by atoms with Crippen LogP contribution in [0.25, 0.3) is 10.9 Å². The minimum atomic E-state index is -5.15. The summed E-state index contributed by atoms with van der Waals surface area (Å²) in [6.45, 7) is 0.0660. The van der Waals surface area contributed by atoms with Crippen LogP contribution in [0.1, 0.15) is 68.3 Å². The van der Waals surface area contributed by atoms with Crippen molar-refractivity contribution >= 4 is 34.4 Å². The average molecular weight is 520 g/mol. The number of halogens is 3. The largest absolute Gasteiger partial charge is 0.492 e. The van der Waals surface area contributed by atoms with E-state index in [-0.39, 0.29) is 24.3 Å². The van der Waals surface area contributed by atoms with Gasteiger partial charge in [-0.2, -0.15) is 13.2 Å². The maximum absolute atomic E-state index is 13.5. The number of nitrogens with one attached hydrogen (secondary N) is 1. The second kappa shape index (κ2) is 8.75. The van der Waals surface area contributed by atoms with Crippen LogP contribution in [0.4, 0.5) is 18.9 Å². The molecule has 4 aliphatic rings. The normalized spacial score (nSPS) is 25.6. The molecule has 3 fully saturated rings. The summed E-state index contributed by atoms with van der Waals surface area (Å²) < 4.78 is 46.3. The third kappa shape index (κ3) is 4.07. The van der Waals surface area contributed by atoms with E-state index >= 15 is 0 Å². The summed E-state index contributed by atoms with van der Waals surface area (Å²) in [5, 5.41) is 4.50. The summed E-state index contributed by atoms with van der Waals surface area (Å²) in [6.07, 6.45) is 2.73. The SMILES string of the molecule is O=C1OC2(CCC2)n2c1cc1cc(NC(=O)[C@@H]3[C@H](C4CCCCC4)CCN3OC(=O)C(F)(F)F)ccc12. The number of hydrogen-bond acceptors (Lipinski definition) is 6. The van der Waals surface area contributed by atoms with Crippen LogP contribution in [0.5, 0.6) is 0 Å². The first-order valence-electron chi connectivity index (χ1n) is 12.9. The van der Waals surface area contributed by atoms with Gasteiger partial charge in [0.25, 0.3) is 0 Å². The molecular formula is C26H28F3N3O5. The average Bonchev–Trinajstić information content (AvgIpc) is 3.50. The number of aromatic nitrogens is 1. The lowest BCUT2D eigenvalue weighted by Gasteiger charge is -2.38. The predicted octanol–water partition coefficient (Wildman–Crippen LogP) is 4.88. The summed E-state index contributed by atoms with van der Waals surface area (Å²) >= 11 is 0. The standard InChI is InChI=1S/C26H28F3N3O5/c27-26(28,29)24(35)37-31-12-9-18(15-5-2-1-3-6-15)21(31)22(33)30-17-7-8-19-16(13-17)14-20-23(34)36-25(32(19)20)10-4-11-25/h7-8,13-15,18,21H,1-6,9-12H2,(H,30,33)/t18-,21-/m0/s1. The zero-order valence-corrected chi connectivity index (χ0v) is 20.2. The number of hydroxylamine groups is 2. The molecule has 0 unspecified atom stereocenters. The van der Waals surface area contributed by atoms with Crippen LogP contribution in [0.2, 0.25) is 0 Å². The molecule has 1 saturated heterocycles. The van der Waals surface area contributed by atoms with Gasteiger partial charge in [-0.3, -0.25) is 9.36 Å². The molecule has 11 heteroatoms. The van der Waals surface area contributed by atoms with Crippen LogP contribution in [0.3, 0.4) is 0 Å². The van der Waals surface area contributed by atoms with Gasteiger partial charge in [0, 0.05) is 30.5 Å². The van der Waals surface area contributed by atoms with Gasteiger partial charge in [-0.15, -0.1) is 5.06 Å². The Morgan fingerprint density at radius 3 is 2.49 bits per heavy atom. The van der Waals surface area contributed by atoms with Crippen LogP contribution < -0.4 is 5.32 Å². The van der Waals surface area contributed by atoms with Gasteiger partial charge < -0.3 is 14.9 Å². The molecule has 2 aliphatic heterocycles. The molecule has 2 saturated carbocycles. The molecule has 1 spiro atoms. The fourth-order valence-corrected chi connectivity index (χ4v) is 6.60. The molecule has 0 bridgehead atoms. The highest BCUT2D eigenvalue weighted by molar-refractivity contribution is 6.01. The molecule has 2 aromatic rings. The Labute approximate surface area is 211 Å². The quantitative estimate of drug-likeness (QED) is 0.580. The van der Waals surface area contributed by atoms with E-state index in [9.17, 15) is 27.6 Å². The number of ether oxygens (including phenoxy) is 1. The van der Waals surface area contributed by atoms with Crippen molar-refractivity contribution in [2.45, 2.75) is 75.7 Å². The number of alkyl halides is 3. The number of esters is 1. The summed E-state index contributed by atoms with van der Waals surface area (Å²) in [4.78, 5) is 42.2. The van der Waals surface area contributed by atoms with Gasteiger partial charge in [0.15, 0.2) is 5.72 Å². The fourth-order valence-electron chi connectivity index (χ4n) is 6.60. The number of rotatable bonds is 4. The Morgan fingerprint density at radius 1 is 1.05 bits per heavy atom. The molecule has 1 aromatic carbocycles. The Kier molecular flexibility index (Phi) is 5.74. The van der Waals surface area contributed by atoms with Gasteiger partial charge in [0.2, 0.25) is 5.91 Å². The van der Waals surface area contributed by atoms with Gasteiger partial charge in [0.1, 0.15) is 11.7 Å². The lowest BCUT2D eigenvalue weighted by atomic mass is 9.76. The number of benzene rings is 1. The molecule has 0 radical (unpaired) electrons. The molecule has 37 heavy (non-hydrogen) atoms. The summed E-state index contributed by atoms with van der Waals surface area (Å²) in [6, 6.07) is 5.98. The van der Waals surface area contributed by atoms with Crippen molar-refractivity contribution in [2.75, 3.05) is 11.9 Å². The second-order valence-corrected chi connectivity index (χ2v) is 10.6. The first kappa shape index (κ1) is 24.3. The maximum Gasteiger partial charge on any atom is 0.492 e. The number of carbonyl (C=O) groups is 3. The number of anilines is 1. The highest BCUT2D eigenvalue weighted by Gasteiger charge is 2.51. The minimum absolute atomic E-state index is 0.0660. The smallest absolute Gasteiger partial charge is 0.434 e. The lowest BCUT2D eigenvalue weighted by Crippen LogP contribution is -2.47. The number of amides is 1.